The number of aromatic nitrogens is 2. The van der Waals surface area contributed by atoms with Crippen molar-refractivity contribution in [2.75, 3.05) is 11.1 Å². The topological polar surface area (TPSA) is 63.8 Å². The van der Waals surface area contributed by atoms with Gasteiger partial charge in [0.1, 0.15) is 11.6 Å². The number of halogens is 4. The number of anilines is 3. The SMILES string of the molecule is Cc1ccc(Nc2cc(C(F)(F)F)nc(N)n2)c(F)c1. The van der Waals surface area contributed by atoms with Gasteiger partial charge in [0.2, 0.25) is 5.95 Å². The summed E-state index contributed by atoms with van der Waals surface area (Å²) in [5.74, 6) is -1.38. The smallest absolute Gasteiger partial charge is 0.368 e. The van der Waals surface area contributed by atoms with E-state index in [4.69, 9.17) is 5.73 Å². The van der Waals surface area contributed by atoms with E-state index < -0.39 is 23.6 Å². The molecule has 106 valence electrons. The minimum Gasteiger partial charge on any atom is -0.368 e. The molecule has 4 nitrogen and oxygen atoms in total. The highest BCUT2D eigenvalue weighted by Gasteiger charge is 2.33. The van der Waals surface area contributed by atoms with E-state index in [0.29, 0.717) is 11.6 Å². The molecule has 0 aliphatic heterocycles. The molecule has 0 unspecified atom stereocenters. The van der Waals surface area contributed by atoms with Crippen LogP contribution in [0.15, 0.2) is 24.3 Å². The average molecular weight is 286 g/mol. The van der Waals surface area contributed by atoms with Crippen LogP contribution in [0.4, 0.5) is 35.0 Å². The molecule has 1 heterocycles. The van der Waals surface area contributed by atoms with Gasteiger partial charge in [-0.25, -0.2) is 9.37 Å². The Bertz CT molecular complexity index is 640. The van der Waals surface area contributed by atoms with Crippen LogP contribution in [-0.4, -0.2) is 9.97 Å². The largest absolute Gasteiger partial charge is 0.433 e. The lowest BCUT2D eigenvalue weighted by atomic mass is 10.2. The van der Waals surface area contributed by atoms with E-state index in [9.17, 15) is 17.6 Å². The summed E-state index contributed by atoms with van der Waals surface area (Å²) in [6.07, 6.45) is -4.65. The first-order valence-corrected chi connectivity index (χ1v) is 5.50. The highest BCUT2D eigenvalue weighted by molar-refractivity contribution is 5.58. The van der Waals surface area contributed by atoms with Gasteiger partial charge in [0.25, 0.3) is 0 Å². The van der Waals surface area contributed by atoms with Gasteiger partial charge < -0.3 is 11.1 Å². The number of aryl methyl sites for hydroxylation is 1. The maximum atomic E-state index is 13.6. The van der Waals surface area contributed by atoms with Crippen molar-refractivity contribution in [3.63, 3.8) is 0 Å². The van der Waals surface area contributed by atoms with E-state index in [1.54, 1.807) is 13.0 Å². The number of benzene rings is 1. The van der Waals surface area contributed by atoms with Gasteiger partial charge in [-0.1, -0.05) is 6.07 Å². The number of rotatable bonds is 2. The molecule has 1 aromatic heterocycles. The summed E-state index contributed by atoms with van der Waals surface area (Å²) in [5.41, 5.74) is 4.71. The van der Waals surface area contributed by atoms with Crippen molar-refractivity contribution in [3.8, 4) is 0 Å². The minimum absolute atomic E-state index is 0.00169. The van der Waals surface area contributed by atoms with E-state index in [0.717, 1.165) is 0 Å². The molecule has 3 N–H and O–H groups in total. The van der Waals surface area contributed by atoms with Crippen LogP contribution in [0.5, 0.6) is 0 Å². The summed E-state index contributed by atoms with van der Waals surface area (Å²) >= 11 is 0. The van der Waals surface area contributed by atoms with Crippen LogP contribution >= 0.6 is 0 Å². The number of nitrogens with one attached hydrogen (secondary N) is 1. The number of hydrogen-bond acceptors (Lipinski definition) is 4. The van der Waals surface area contributed by atoms with E-state index in [2.05, 4.69) is 15.3 Å². The van der Waals surface area contributed by atoms with E-state index in [1.165, 1.54) is 12.1 Å². The number of nitrogen functional groups attached to an aromatic ring is 1. The second-order valence-electron chi connectivity index (χ2n) is 4.10. The third kappa shape index (κ3) is 3.14. The summed E-state index contributed by atoms with van der Waals surface area (Å²) in [4.78, 5) is 6.69. The molecule has 0 saturated heterocycles. The van der Waals surface area contributed by atoms with Gasteiger partial charge in [0.15, 0.2) is 5.69 Å². The molecule has 2 aromatic rings. The van der Waals surface area contributed by atoms with Crippen molar-refractivity contribution in [2.45, 2.75) is 13.1 Å². The van der Waals surface area contributed by atoms with Crippen LogP contribution in [0, 0.1) is 12.7 Å². The molecule has 0 spiro atoms. The molecule has 20 heavy (non-hydrogen) atoms. The first kappa shape index (κ1) is 14.0. The predicted molar refractivity (Wildman–Crippen MR) is 65.9 cm³/mol. The molecule has 0 atom stereocenters. The van der Waals surface area contributed by atoms with Crippen LogP contribution in [-0.2, 0) is 6.18 Å². The van der Waals surface area contributed by atoms with Gasteiger partial charge in [-0.05, 0) is 24.6 Å². The van der Waals surface area contributed by atoms with E-state index in [1.807, 2.05) is 0 Å². The highest BCUT2D eigenvalue weighted by Crippen LogP contribution is 2.30. The molecule has 0 aliphatic carbocycles. The normalized spacial score (nSPS) is 11.4. The molecule has 0 bridgehead atoms. The summed E-state index contributed by atoms with van der Waals surface area (Å²) in [6, 6.07) is 4.92. The lowest BCUT2D eigenvalue weighted by Crippen LogP contribution is -2.12. The second-order valence-corrected chi connectivity index (χ2v) is 4.10. The Morgan fingerprint density at radius 1 is 1.15 bits per heavy atom. The summed E-state index contributed by atoms with van der Waals surface area (Å²) in [5, 5.41) is 2.45. The maximum Gasteiger partial charge on any atom is 0.433 e. The van der Waals surface area contributed by atoms with Crippen LogP contribution in [0.2, 0.25) is 0 Å². The quantitative estimate of drug-likeness (QED) is 0.832. The Labute approximate surface area is 111 Å². The Hall–Kier alpha value is -2.38. The fraction of sp³-hybridized carbons (Fsp3) is 0.167. The van der Waals surface area contributed by atoms with Gasteiger partial charge in [0.05, 0.1) is 5.69 Å². The molecule has 0 fully saturated rings. The summed E-state index contributed by atoms with van der Waals surface area (Å²) < 4.78 is 51.3. The van der Waals surface area contributed by atoms with E-state index in [-0.39, 0.29) is 11.5 Å². The van der Waals surface area contributed by atoms with Crippen molar-refractivity contribution in [3.05, 3.63) is 41.3 Å². The fourth-order valence-corrected chi connectivity index (χ4v) is 1.53. The Balaban J connectivity index is 2.36. The van der Waals surface area contributed by atoms with Gasteiger partial charge in [-0.15, -0.1) is 0 Å². The zero-order valence-electron chi connectivity index (χ0n) is 10.3. The maximum absolute atomic E-state index is 13.6. The van der Waals surface area contributed by atoms with Crippen molar-refractivity contribution in [1.29, 1.82) is 0 Å². The molecule has 8 heteroatoms. The van der Waals surface area contributed by atoms with Gasteiger partial charge in [-0.2, -0.15) is 18.2 Å². The lowest BCUT2D eigenvalue weighted by Gasteiger charge is -2.11. The highest BCUT2D eigenvalue weighted by atomic mass is 19.4. The summed E-state index contributed by atoms with van der Waals surface area (Å²) in [6.45, 7) is 1.69. The minimum atomic E-state index is -4.65. The molecular weight excluding hydrogens is 276 g/mol. The van der Waals surface area contributed by atoms with Crippen molar-refractivity contribution < 1.29 is 17.6 Å². The average Bonchev–Trinajstić information content (AvgIpc) is 2.31. The van der Waals surface area contributed by atoms with Crippen LogP contribution in [0.1, 0.15) is 11.3 Å². The Morgan fingerprint density at radius 3 is 2.45 bits per heavy atom. The Morgan fingerprint density at radius 2 is 1.85 bits per heavy atom. The number of hydrogen-bond donors (Lipinski definition) is 2. The first-order chi connectivity index (χ1) is 9.25. The third-order valence-corrected chi connectivity index (χ3v) is 2.42. The van der Waals surface area contributed by atoms with Gasteiger partial charge in [0, 0.05) is 6.07 Å². The Kier molecular flexibility index (Phi) is 3.47. The zero-order valence-corrected chi connectivity index (χ0v) is 10.3. The van der Waals surface area contributed by atoms with Gasteiger partial charge in [-0.3, -0.25) is 0 Å². The van der Waals surface area contributed by atoms with Crippen LogP contribution in [0.3, 0.4) is 0 Å². The van der Waals surface area contributed by atoms with Crippen molar-refractivity contribution in [1.82, 2.24) is 9.97 Å². The fourth-order valence-electron chi connectivity index (χ4n) is 1.53. The van der Waals surface area contributed by atoms with Crippen LogP contribution in [0.25, 0.3) is 0 Å². The summed E-state index contributed by atoms with van der Waals surface area (Å²) in [7, 11) is 0. The number of nitrogens with zero attached hydrogens (tertiary/aromatic N) is 2. The van der Waals surface area contributed by atoms with E-state index >= 15 is 0 Å². The molecule has 0 amide bonds. The number of nitrogens with two attached hydrogens (primary N) is 1. The third-order valence-electron chi connectivity index (χ3n) is 2.42. The number of alkyl halides is 3. The van der Waals surface area contributed by atoms with Crippen molar-refractivity contribution in [2.24, 2.45) is 0 Å². The molecule has 2 rings (SSSR count). The standard InChI is InChI=1S/C12H10F4N4/c1-6-2-3-8(7(13)4-6)18-10-5-9(12(14,15)16)19-11(17)20-10/h2-5H,1H3,(H3,17,18,19,20). The van der Waals surface area contributed by atoms with Gasteiger partial charge >= 0.3 is 6.18 Å². The van der Waals surface area contributed by atoms with Crippen molar-refractivity contribution >= 4 is 17.5 Å². The predicted octanol–water partition coefficient (Wildman–Crippen LogP) is 3.27. The first-order valence-electron chi connectivity index (χ1n) is 5.50. The molecular formula is C12H10F4N4. The molecule has 0 radical (unpaired) electrons. The monoisotopic (exact) mass is 286 g/mol. The second kappa shape index (κ2) is 4.95. The van der Waals surface area contributed by atoms with Crippen LogP contribution < -0.4 is 11.1 Å². The zero-order chi connectivity index (χ0) is 14.9. The molecule has 0 aliphatic rings. The molecule has 0 saturated carbocycles. The lowest BCUT2D eigenvalue weighted by molar-refractivity contribution is -0.141. The molecule has 1 aromatic carbocycles.